The van der Waals surface area contributed by atoms with Gasteiger partial charge in [-0.1, -0.05) is 178 Å². The molecule has 10 aromatic rings. The SMILES string of the molecule is CC1(C)c2ccccc2-c2cc3c(cc21)c1ccccc1n3-c1c(-c2ccccc2)cc(-c2nc(-c3ccccc3)nc(-c3ccccc3)n2)cc1-c1ccccc1. The highest BCUT2D eigenvalue weighted by molar-refractivity contribution is 6.13. The van der Waals surface area contributed by atoms with Crippen LogP contribution in [0.15, 0.2) is 194 Å². The molecule has 274 valence electrons. The zero-order valence-electron chi connectivity index (χ0n) is 32.3. The third kappa shape index (κ3) is 5.41. The maximum Gasteiger partial charge on any atom is 0.164 e. The molecule has 4 nitrogen and oxygen atoms in total. The summed E-state index contributed by atoms with van der Waals surface area (Å²) < 4.78 is 2.51. The Kier molecular flexibility index (Phi) is 7.80. The first-order chi connectivity index (χ1) is 28.5. The average molecular weight is 743 g/mol. The molecule has 0 unspecified atom stereocenters. The van der Waals surface area contributed by atoms with E-state index in [1.807, 2.05) is 36.4 Å². The molecule has 58 heavy (non-hydrogen) atoms. The second-order valence-corrected chi connectivity index (χ2v) is 15.6. The molecule has 0 bridgehead atoms. The lowest BCUT2D eigenvalue weighted by molar-refractivity contribution is 0.661. The van der Waals surface area contributed by atoms with Crippen LogP contribution in [0.5, 0.6) is 0 Å². The van der Waals surface area contributed by atoms with E-state index in [1.54, 1.807) is 0 Å². The van der Waals surface area contributed by atoms with Crippen molar-refractivity contribution in [1.82, 2.24) is 19.5 Å². The Morgan fingerprint density at radius 3 is 1.38 bits per heavy atom. The third-order valence-electron chi connectivity index (χ3n) is 11.8. The summed E-state index contributed by atoms with van der Waals surface area (Å²) in [4.78, 5) is 15.4. The van der Waals surface area contributed by atoms with Crippen molar-refractivity contribution in [3.63, 3.8) is 0 Å². The molecule has 0 amide bonds. The summed E-state index contributed by atoms with van der Waals surface area (Å²) in [5.41, 5.74) is 15.8. The van der Waals surface area contributed by atoms with E-state index in [0.29, 0.717) is 17.5 Å². The largest absolute Gasteiger partial charge is 0.308 e. The van der Waals surface area contributed by atoms with Crippen LogP contribution in [0, 0.1) is 0 Å². The molecule has 0 radical (unpaired) electrons. The molecular formula is C54H38N4. The van der Waals surface area contributed by atoms with Gasteiger partial charge in [0.2, 0.25) is 0 Å². The van der Waals surface area contributed by atoms with Crippen LogP contribution in [0.25, 0.3) is 95.0 Å². The van der Waals surface area contributed by atoms with E-state index in [2.05, 4.69) is 176 Å². The monoisotopic (exact) mass is 742 g/mol. The fraction of sp³-hybridized carbons (Fsp3) is 0.0556. The standard InChI is InChI=1S/C54H38N4/c1-54(2)46-29-17-15-27-40(46)44-34-49-45(33-47(44)54)41-28-16-18-30-48(41)58(49)50-42(35-19-7-3-8-20-35)31-39(32-43(50)36-21-9-4-10-22-36)53-56-51(37-23-11-5-12-24-37)55-52(57-53)38-25-13-6-14-26-38/h3-34H,1-2H3. The molecule has 8 aromatic carbocycles. The van der Waals surface area contributed by atoms with Gasteiger partial charge in [-0.2, -0.15) is 0 Å². The Morgan fingerprint density at radius 1 is 0.345 bits per heavy atom. The minimum absolute atomic E-state index is 0.114. The van der Waals surface area contributed by atoms with Crippen molar-refractivity contribution in [2.75, 3.05) is 0 Å². The van der Waals surface area contributed by atoms with Gasteiger partial charge in [0.15, 0.2) is 17.5 Å². The van der Waals surface area contributed by atoms with Gasteiger partial charge in [-0.3, -0.25) is 0 Å². The molecule has 0 atom stereocenters. The molecule has 0 spiro atoms. The summed E-state index contributed by atoms with van der Waals surface area (Å²) in [6.07, 6.45) is 0. The first-order valence-electron chi connectivity index (χ1n) is 19.9. The molecule has 1 aliphatic carbocycles. The van der Waals surface area contributed by atoms with Crippen molar-refractivity contribution >= 4 is 21.8 Å². The molecule has 0 fully saturated rings. The highest BCUT2D eigenvalue weighted by Gasteiger charge is 2.36. The van der Waals surface area contributed by atoms with E-state index in [4.69, 9.17) is 15.0 Å². The quantitative estimate of drug-likeness (QED) is 0.170. The summed E-state index contributed by atoms with van der Waals surface area (Å²) in [6.45, 7) is 4.71. The third-order valence-corrected chi connectivity index (χ3v) is 11.8. The van der Waals surface area contributed by atoms with Gasteiger partial charge in [0.25, 0.3) is 0 Å². The lowest BCUT2D eigenvalue weighted by Gasteiger charge is -2.22. The van der Waals surface area contributed by atoms with Crippen molar-refractivity contribution in [3.8, 4) is 73.2 Å². The number of hydrogen-bond donors (Lipinski definition) is 0. The van der Waals surface area contributed by atoms with E-state index in [-0.39, 0.29) is 5.41 Å². The van der Waals surface area contributed by atoms with Crippen LogP contribution in [0.4, 0.5) is 0 Å². The number of nitrogens with zero attached hydrogens (tertiary/aromatic N) is 4. The van der Waals surface area contributed by atoms with Crippen molar-refractivity contribution < 1.29 is 0 Å². The van der Waals surface area contributed by atoms with Gasteiger partial charge in [0, 0.05) is 44.0 Å². The zero-order valence-corrected chi connectivity index (χ0v) is 32.3. The molecule has 11 rings (SSSR count). The van der Waals surface area contributed by atoms with Gasteiger partial charge in [0.05, 0.1) is 16.7 Å². The summed E-state index contributed by atoms with van der Waals surface area (Å²) in [7, 11) is 0. The number of benzene rings is 8. The summed E-state index contributed by atoms with van der Waals surface area (Å²) in [5.74, 6) is 1.89. The van der Waals surface area contributed by atoms with Crippen LogP contribution in [0.3, 0.4) is 0 Å². The molecule has 2 aromatic heterocycles. The van der Waals surface area contributed by atoms with E-state index in [1.165, 1.54) is 38.5 Å². The van der Waals surface area contributed by atoms with Gasteiger partial charge in [-0.15, -0.1) is 0 Å². The first-order valence-corrected chi connectivity index (χ1v) is 19.9. The van der Waals surface area contributed by atoms with Gasteiger partial charge in [0.1, 0.15) is 0 Å². The average Bonchev–Trinajstić information content (AvgIpc) is 3.73. The van der Waals surface area contributed by atoms with Gasteiger partial charge >= 0.3 is 0 Å². The Hall–Kier alpha value is -7.43. The second-order valence-electron chi connectivity index (χ2n) is 15.6. The van der Waals surface area contributed by atoms with Crippen LogP contribution in [0.1, 0.15) is 25.0 Å². The van der Waals surface area contributed by atoms with Crippen molar-refractivity contribution in [1.29, 1.82) is 0 Å². The van der Waals surface area contributed by atoms with E-state index >= 15 is 0 Å². The van der Waals surface area contributed by atoms with Gasteiger partial charge in [-0.25, -0.2) is 15.0 Å². The van der Waals surface area contributed by atoms with Crippen LogP contribution >= 0.6 is 0 Å². The van der Waals surface area contributed by atoms with Crippen molar-refractivity contribution in [3.05, 3.63) is 205 Å². The van der Waals surface area contributed by atoms with Crippen LogP contribution < -0.4 is 0 Å². The Bertz CT molecular complexity index is 3050. The normalized spacial score (nSPS) is 12.8. The number of aromatic nitrogens is 4. The Labute approximate surface area is 337 Å². The lowest BCUT2D eigenvalue weighted by Crippen LogP contribution is -2.14. The molecule has 1 aliphatic rings. The maximum absolute atomic E-state index is 5.21. The van der Waals surface area contributed by atoms with Gasteiger partial charge < -0.3 is 4.57 Å². The minimum atomic E-state index is -0.114. The Balaban J connectivity index is 1.26. The van der Waals surface area contributed by atoms with E-state index in [0.717, 1.165) is 50.1 Å². The lowest BCUT2D eigenvalue weighted by atomic mass is 9.82. The minimum Gasteiger partial charge on any atom is -0.308 e. The second kappa shape index (κ2) is 13.4. The predicted molar refractivity (Wildman–Crippen MR) is 239 cm³/mol. The molecule has 0 saturated carbocycles. The first kappa shape index (κ1) is 33.9. The molecule has 0 aliphatic heterocycles. The van der Waals surface area contributed by atoms with Crippen LogP contribution in [-0.4, -0.2) is 19.5 Å². The van der Waals surface area contributed by atoms with E-state index in [9.17, 15) is 0 Å². The summed E-state index contributed by atoms with van der Waals surface area (Å²) >= 11 is 0. The fourth-order valence-corrected chi connectivity index (χ4v) is 9.02. The van der Waals surface area contributed by atoms with Gasteiger partial charge in [-0.05, 0) is 63.7 Å². The highest BCUT2D eigenvalue weighted by atomic mass is 15.0. The summed E-state index contributed by atoms with van der Waals surface area (Å²) in [5, 5.41) is 2.47. The predicted octanol–water partition coefficient (Wildman–Crippen LogP) is 13.6. The number of rotatable bonds is 6. The van der Waals surface area contributed by atoms with E-state index < -0.39 is 0 Å². The van der Waals surface area contributed by atoms with Crippen molar-refractivity contribution in [2.24, 2.45) is 0 Å². The number of hydrogen-bond acceptors (Lipinski definition) is 3. The molecule has 0 N–H and O–H groups in total. The molecule has 2 heterocycles. The molecular weight excluding hydrogens is 705 g/mol. The molecule has 0 saturated heterocycles. The van der Waals surface area contributed by atoms with Crippen LogP contribution in [0.2, 0.25) is 0 Å². The summed E-state index contributed by atoms with van der Waals surface area (Å²) in [6, 6.07) is 69.1. The van der Waals surface area contributed by atoms with Crippen LogP contribution in [-0.2, 0) is 5.41 Å². The maximum atomic E-state index is 5.21. The highest BCUT2D eigenvalue weighted by Crippen LogP contribution is 2.52. The zero-order chi connectivity index (χ0) is 38.8. The fourth-order valence-electron chi connectivity index (χ4n) is 9.02. The number of fused-ring (bicyclic) bond motifs is 6. The number of para-hydroxylation sites is 1. The molecule has 4 heteroatoms. The Morgan fingerprint density at radius 2 is 0.810 bits per heavy atom. The topological polar surface area (TPSA) is 43.6 Å². The smallest absolute Gasteiger partial charge is 0.164 e. The van der Waals surface area contributed by atoms with Crippen molar-refractivity contribution in [2.45, 2.75) is 19.3 Å².